The summed E-state index contributed by atoms with van der Waals surface area (Å²) in [5.74, 6) is -0.509. The number of benzene rings is 1. The van der Waals surface area contributed by atoms with E-state index in [-0.39, 0.29) is 10.3 Å². The molecule has 1 aromatic rings. The zero-order valence-corrected chi connectivity index (χ0v) is 14.0. The average molecular weight is 316 g/mol. The van der Waals surface area contributed by atoms with Gasteiger partial charge in [-0.15, -0.1) is 0 Å². The van der Waals surface area contributed by atoms with Crippen molar-refractivity contribution in [3.05, 3.63) is 29.6 Å². The molecule has 0 saturated carbocycles. The minimum atomic E-state index is -3.71. The number of sulfonamides is 1. The van der Waals surface area contributed by atoms with Gasteiger partial charge in [0, 0.05) is 13.1 Å². The van der Waals surface area contributed by atoms with E-state index in [1.807, 2.05) is 20.8 Å². The molecule has 0 heterocycles. The molecule has 4 nitrogen and oxygen atoms in total. The van der Waals surface area contributed by atoms with Crippen LogP contribution in [0, 0.1) is 18.2 Å². The van der Waals surface area contributed by atoms with E-state index in [0.717, 1.165) is 6.07 Å². The second kappa shape index (κ2) is 6.85. The molecule has 0 aliphatic carbocycles. The fourth-order valence-corrected chi connectivity index (χ4v) is 3.69. The Bertz CT molecular complexity index is 585. The second-order valence-corrected chi connectivity index (χ2v) is 8.06. The minimum absolute atomic E-state index is 0.00753. The van der Waals surface area contributed by atoms with Crippen molar-refractivity contribution >= 4 is 10.0 Å². The molecule has 0 saturated heterocycles. The first kappa shape index (κ1) is 18.1. The van der Waals surface area contributed by atoms with Crippen molar-refractivity contribution in [1.29, 1.82) is 0 Å². The molecule has 0 bridgehead atoms. The molecular weight excluding hydrogens is 291 g/mol. The molecule has 0 atom stereocenters. The third kappa shape index (κ3) is 4.49. The normalized spacial score (nSPS) is 12.9. The molecule has 0 spiro atoms. The minimum Gasteiger partial charge on any atom is -0.330 e. The molecule has 0 aromatic heterocycles. The highest BCUT2D eigenvalue weighted by molar-refractivity contribution is 7.89. The van der Waals surface area contributed by atoms with Gasteiger partial charge >= 0.3 is 0 Å². The van der Waals surface area contributed by atoms with Gasteiger partial charge in [0.05, 0.1) is 4.90 Å². The highest BCUT2D eigenvalue weighted by Crippen LogP contribution is 2.23. The SMILES string of the molecule is CCCN(CC(C)(C)CN)S(=O)(=O)c1ccc(C)c(F)c1. The molecule has 0 unspecified atom stereocenters. The predicted octanol–water partition coefficient (Wildman–Crippen LogP) is 2.52. The van der Waals surface area contributed by atoms with Crippen molar-refractivity contribution in [2.24, 2.45) is 11.1 Å². The summed E-state index contributed by atoms with van der Waals surface area (Å²) in [5, 5.41) is 0. The Labute approximate surface area is 127 Å². The van der Waals surface area contributed by atoms with Crippen molar-refractivity contribution in [3.8, 4) is 0 Å². The maximum absolute atomic E-state index is 13.7. The van der Waals surface area contributed by atoms with Crippen LogP contribution in [0.2, 0.25) is 0 Å². The zero-order valence-electron chi connectivity index (χ0n) is 13.2. The van der Waals surface area contributed by atoms with Gasteiger partial charge < -0.3 is 5.73 Å². The zero-order chi connectivity index (χ0) is 16.3. The van der Waals surface area contributed by atoms with Gasteiger partial charge in [-0.3, -0.25) is 0 Å². The molecule has 1 aromatic carbocycles. The second-order valence-electron chi connectivity index (χ2n) is 6.12. The first-order valence-electron chi connectivity index (χ1n) is 7.10. The summed E-state index contributed by atoms with van der Waals surface area (Å²) in [7, 11) is -3.71. The summed E-state index contributed by atoms with van der Waals surface area (Å²) in [6.07, 6.45) is 0.689. The van der Waals surface area contributed by atoms with Crippen molar-refractivity contribution < 1.29 is 12.8 Å². The van der Waals surface area contributed by atoms with Gasteiger partial charge in [-0.1, -0.05) is 26.8 Å². The maximum atomic E-state index is 13.7. The first-order valence-corrected chi connectivity index (χ1v) is 8.54. The van der Waals surface area contributed by atoms with Crippen LogP contribution in [0.15, 0.2) is 23.1 Å². The van der Waals surface area contributed by atoms with E-state index in [0.29, 0.717) is 31.6 Å². The third-order valence-electron chi connectivity index (χ3n) is 3.41. The van der Waals surface area contributed by atoms with Crippen LogP contribution in [0.25, 0.3) is 0 Å². The highest BCUT2D eigenvalue weighted by Gasteiger charge is 2.29. The van der Waals surface area contributed by atoms with Gasteiger partial charge in [-0.2, -0.15) is 4.31 Å². The summed E-state index contributed by atoms with van der Waals surface area (Å²) in [6.45, 7) is 8.43. The molecule has 21 heavy (non-hydrogen) atoms. The van der Waals surface area contributed by atoms with Crippen LogP contribution in [0.1, 0.15) is 32.8 Å². The fourth-order valence-electron chi connectivity index (χ4n) is 1.96. The van der Waals surface area contributed by atoms with Gasteiger partial charge in [0.15, 0.2) is 0 Å². The number of nitrogens with zero attached hydrogens (tertiary/aromatic N) is 1. The molecule has 0 fully saturated rings. The number of rotatable bonds is 7. The van der Waals surface area contributed by atoms with Gasteiger partial charge in [0.1, 0.15) is 5.82 Å². The number of halogens is 1. The smallest absolute Gasteiger partial charge is 0.243 e. The Morgan fingerprint density at radius 1 is 1.33 bits per heavy atom. The van der Waals surface area contributed by atoms with Crippen LogP contribution < -0.4 is 5.73 Å². The lowest BCUT2D eigenvalue weighted by atomic mass is 9.94. The lowest BCUT2D eigenvalue weighted by Gasteiger charge is -2.31. The van der Waals surface area contributed by atoms with Crippen molar-refractivity contribution in [2.75, 3.05) is 19.6 Å². The van der Waals surface area contributed by atoms with Crippen LogP contribution >= 0.6 is 0 Å². The summed E-state index contributed by atoms with van der Waals surface area (Å²) < 4.78 is 40.4. The van der Waals surface area contributed by atoms with E-state index in [1.54, 1.807) is 6.92 Å². The molecular formula is C15H25FN2O2S. The first-order chi connectivity index (χ1) is 9.64. The predicted molar refractivity (Wildman–Crippen MR) is 83.0 cm³/mol. The average Bonchev–Trinajstić information content (AvgIpc) is 2.41. The molecule has 0 aliphatic rings. The van der Waals surface area contributed by atoms with Crippen LogP contribution in [0.3, 0.4) is 0 Å². The number of nitrogens with two attached hydrogens (primary N) is 1. The summed E-state index contributed by atoms with van der Waals surface area (Å²) in [5.41, 5.74) is 5.80. The van der Waals surface area contributed by atoms with Gasteiger partial charge in [-0.25, -0.2) is 12.8 Å². The van der Waals surface area contributed by atoms with E-state index >= 15 is 0 Å². The van der Waals surface area contributed by atoms with Crippen molar-refractivity contribution in [3.63, 3.8) is 0 Å². The highest BCUT2D eigenvalue weighted by atomic mass is 32.2. The third-order valence-corrected chi connectivity index (χ3v) is 5.25. The Morgan fingerprint density at radius 2 is 1.95 bits per heavy atom. The summed E-state index contributed by atoms with van der Waals surface area (Å²) >= 11 is 0. The Kier molecular flexibility index (Phi) is 5.90. The maximum Gasteiger partial charge on any atom is 0.243 e. The van der Waals surface area contributed by atoms with Crippen LogP contribution in [-0.4, -0.2) is 32.4 Å². The number of hydrogen-bond acceptors (Lipinski definition) is 3. The van der Waals surface area contributed by atoms with Crippen LogP contribution in [0.4, 0.5) is 4.39 Å². The molecule has 0 amide bonds. The topological polar surface area (TPSA) is 63.4 Å². The van der Waals surface area contributed by atoms with Gasteiger partial charge in [0.2, 0.25) is 10.0 Å². The van der Waals surface area contributed by atoms with E-state index in [2.05, 4.69) is 0 Å². The summed E-state index contributed by atoms with van der Waals surface area (Å²) in [6, 6.07) is 4.02. The van der Waals surface area contributed by atoms with E-state index in [1.165, 1.54) is 16.4 Å². The molecule has 0 radical (unpaired) electrons. The Hall–Kier alpha value is -0.980. The quantitative estimate of drug-likeness (QED) is 0.840. The van der Waals surface area contributed by atoms with E-state index < -0.39 is 15.8 Å². The summed E-state index contributed by atoms with van der Waals surface area (Å²) in [4.78, 5) is -0.00753. The molecule has 120 valence electrons. The lowest BCUT2D eigenvalue weighted by molar-refractivity contribution is 0.266. The molecule has 1 rings (SSSR count). The van der Waals surface area contributed by atoms with Gasteiger partial charge in [-0.05, 0) is 43.0 Å². The van der Waals surface area contributed by atoms with E-state index in [9.17, 15) is 12.8 Å². The van der Waals surface area contributed by atoms with Crippen LogP contribution in [0.5, 0.6) is 0 Å². The number of aryl methyl sites for hydroxylation is 1. The lowest BCUT2D eigenvalue weighted by Crippen LogP contribution is -2.42. The molecule has 2 N–H and O–H groups in total. The Morgan fingerprint density at radius 3 is 2.43 bits per heavy atom. The van der Waals surface area contributed by atoms with Gasteiger partial charge in [0.25, 0.3) is 0 Å². The van der Waals surface area contributed by atoms with E-state index in [4.69, 9.17) is 5.73 Å². The fraction of sp³-hybridized carbons (Fsp3) is 0.600. The Balaban J connectivity index is 3.18. The molecule has 6 heteroatoms. The standard InChI is InChI=1S/C15H25FN2O2S/c1-5-8-18(11-15(3,4)10-17)21(19,20)13-7-6-12(2)14(16)9-13/h6-7,9H,5,8,10-11,17H2,1-4H3. The van der Waals surface area contributed by atoms with Crippen molar-refractivity contribution in [2.45, 2.75) is 39.0 Å². The molecule has 0 aliphatic heterocycles. The van der Waals surface area contributed by atoms with Crippen LogP contribution in [-0.2, 0) is 10.0 Å². The number of hydrogen-bond donors (Lipinski definition) is 1. The van der Waals surface area contributed by atoms with Crippen molar-refractivity contribution in [1.82, 2.24) is 4.31 Å². The largest absolute Gasteiger partial charge is 0.330 e. The monoisotopic (exact) mass is 316 g/mol.